The molecule has 2 aromatic carbocycles. The maximum Gasteiger partial charge on any atom is 0.271 e. The number of nitrogens with one attached hydrogen (secondary N) is 1. The third-order valence-electron chi connectivity index (χ3n) is 2.77. The van der Waals surface area contributed by atoms with Crippen LogP contribution < -0.4 is 10.2 Å². The lowest BCUT2D eigenvalue weighted by Gasteiger charge is -2.04. The average molecular weight is 358 g/mol. The van der Waals surface area contributed by atoms with Crippen molar-refractivity contribution in [2.75, 3.05) is 7.11 Å². The molecule has 4 nitrogen and oxygen atoms in total. The molecular formula is C15H11Cl3N2O2. The maximum absolute atomic E-state index is 12.0. The van der Waals surface area contributed by atoms with Gasteiger partial charge in [0.15, 0.2) is 0 Å². The highest BCUT2D eigenvalue weighted by molar-refractivity contribution is 6.45. The highest BCUT2D eigenvalue weighted by Gasteiger charge is 2.08. The number of hydrazone groups is 1. The summed E-state index contributed by atoms with van der Waals surface area (Å²) in [6, 6.07) is 9.88. The van der Waals surface area contributed by atoms with Gasteiger partial charge in [-0.15, -0.1) is 0 Å². The summed E-state index contributed by atoms with van der Waals surface area (Å²) in [6.07, 6.45) is 1.34. The van der Waals surface area contributed by atoms with Crippen LogP contribution in [0.25, 0.3) is 0 Å². The second kappa shape index (κ2) is 7.49. The van der Waals surface area contributed by atoms with Gasteiger partial charge in [-0.2, -0.15) is 5.10 Å². The van der Waals surface area contributed by atoms with Crippen molar-refractivity contribution in [3.05, 3.63) is 62.6 Å². The van der Waals surface area contributed by atoms with Crippen molar-refractivity contribution in [3.8, 4) is 5.75 Å². The van der Waals surface area contributed by atoms with Crippen LogP contribution >= 0.6 is 34.8 Å². The predicted molar refractivity (Wildman–Crippen MR) is 89.5 cm³/mol. The topological polar surface area (TPSA) is 50.7 Å². The first-order valence-corrected chi connectivity index (χ1v) is 7.27. The Hall–Kier alpha value is -1.75. The number of hydrogen-bond donors (Lipinski definition) is 1. The summed E-state index contributed by atoms with van der Waals surface area (Å²) in [5.41, 5.74) is 3.24. The number of rotatable bonds is 4. The number of carbonyl (C=O) groups excluding carboxylic acids is 1. The molecule has 0 saturated heterocycles. The molecule has 1 amide bonds. The van der Waals surface area contributed by atoms with Crippen LogP contribution in [0.3, 0.4) is 0 Å². The standard InChI is InChI=1S/C15H11Cl3N2O2/c1-22-10-4-2-3-9(7-10)15(21)20-19-8-11-12(16)5-6-13(17)14(11)18/h2-8H,1H3,(H,20,21)/b19-8+. The van der Waals surface area contributed by atoms with Gasteiger partial charge < -0.3 is 4.74 Å². The van der Waals surface area contributed by atoms with Crippen LogP contribution in [0.1, 0.15) is 15.9 Å². The van der Waals surface area contributed by atoms with Gasteiger partial charge in [0.2, 0.25) is 0 Å². The van der Waals surface area contributed by atoms with Crippen LogP contribution in [0.15, 0.2) is 41.5 Å². The Morgan fingerprint density at radius 1 is 1.18 bits per heavy atom. The number of carbonyl (C=O) groups is 1. The molecule has 0 aliphatic rings. The number of halogens is 3. The van der Waals surface area contributed by atoms with Gasteiger partial charge in [0.1, 0.15) is 5.75 Å². The molecule has 0 spiro atoms. The molecule has 0 heterocycles. The van der Waals surface area contributed by atoms with Crippen molar-refractivity contribution in [2.45, 2.75) is 0 Å². The summed E-state index contributed by atoms with van der Waals surface area (Å²) in [6.45, 7) is 0. The van der Waals surface area contributed by atoms with E-state index < -0.39 is 0 Å². The zero-order valence-electron chi connectivity index (χ0n) is 11.4. The fourth-order valence-corrected chi connectivity index (χ4v) is 2.28. The normalized spacial score (nSPS) is 10.7. The molecule has 0 aliphatic heterocycles. The fraction of sp³-hybridized carbons (Fsp3) is 0.0667. The van der Waals surface area contributed by atoms with Gasteiger partial charge in [-0.05, 0) is 30.3 Å². The zero-order valence-corrected chi connectivity index (χ0v) is 13.7. The molecular weight excluding hydrogens is 347 g/mol. The number of hydrogen-bond acceptors (Lipinski definition) is 3. The predicted octanol–water partition coefficient (Wildman–Crippen LogP) is 4.42. The van der Waals surface area contributed by atoms with Crippen molar-refractivity contribution in [2.24, 2.45) is 5.10 Å². The van der Waals surface area contributed by atoms with Gasteiger partial charge in [-0.25, -0.2) is 5.43 Å². The Labute approximate surface area is 142 Å². The van der Waals surface area contributed by atoms with Gasteiger partial charge in [0.05, 0.1) is 28.4 Å². The molecule has 114 valence electrons. The van der Waals surface area contributed by atoms with Crippen LogP contribution in [0.2, 0.25) is 15.1 Å². The first kappa shape index (κ1) is 16.6. The Bertz CT molecular complexity index is 733. The van der Waals surface area contributed by atoms with Gasteiger partial charge >= 0.3 is 0 Å². The summed E-state index contributed by atoms with van der Waals surface area (Å²) in [7, 11) is 1.53. The molecule has 2 aromatic rings. The third kappa shape index (κ3) is 3.91. The summed E-state index contributed by atoms with van der Waals surface area (Å²) in [4.78, 5) is 12.0. The number of amides is 1. The van der Waals surface area contributed by atoms with Crippen molar-refractivity contribution < 1.29 is 9.53 Å². The van der Waals surface area contributed by atoms with E-state index >= 15 is 0 Å². The van der Waals surface area contributed by atoms with E-state index in [0.717, 1.165) is 0 Å². The molecule has 1 N–H and O–H groups in total. The van der Waals surface area contributed by atoms with E-state index in [-0.39, 0.29) is 10.9 Å². The van der Waals surface area contributed by atoms with Crippen molar-refractivity contribution >= 4 is 46.9 Å². The van der Waals surface area contributed by atoms with E-state index in [1.54, 1.807) is 36.4 Å². The van der Waals surface area contributed by atoms with Crippen LogP contribution in [-0.2, 0) is 0 Å². The van der Waals surface area contributed by atoms with Crippen molar-refractivity contribution in [3.63, 3.8) is 0 Å². The summed E-state index contributed by atoms with van der Waals surface area (Å²) < 4.78 is 5.06. The van der Waals surface area contributed by atoms with Crippen LogP contribution in [0, 0.1) is 0 Å². The molecule has 0 unspecified atom stereocenters. The zero-order chi connectivity index (χ0) is 16.1. The largest absolute Gasteiger partial charge is 0.497 e. The summed E-state index contributed by atoms with van der Waals surface area (Å²) in [5.74, 6) is 0.196. The quantitative estimate of drug-likeness (QED) is 0.500. The minimum absolute atomic E-state index is 0.272. The highest BCUT2D eigenvalue weighted by atomic mass is 35.5. The molecule has 0 saturated carbocycles. The van der Waals surface area contributed by atoms with Gasteiger partial charge in [-0.1, -0.05) is 40.9 Å². The summed E-state index contributed by atoms with van der Waals surface area (Å²) >= 11 is 17.9. The van der Waals surface area contributed by atoms with Crippen LogP contribution in [-0.4, -0.2) is 19.2 Å². The second-order valence-electron chi connectivity index (χ2n) is 4.19. The van der Waals surface area contributed by atoms with Crippen LogP contribution in [0.5, 0.6) is 5.75 Å². The minimum atomic E-state index is -0.385. The molecule has 7 heteroatoms. The van der Waals surface area contributed by atoms with E-state index in [9.17, 15) is 4.79 Å². The average Bonchev–Trinajstić information content (AvgIpc) is 2.54. The Balaban J connectivity index is 2.12. The Kier molecular flexibility index (Phi) is 5.66. The molecule has 2 rings (SSSR count). The molecule has 22 heavy (non-hydrogen) atoms. The molecule has 0 fully saturated rings. The molecule has 0 bridgehead atoms. The Morgan fingerprint density at radius 2 is 1.91 bits per heavy atom. The smallest absolute Gasteiger partial charge is 0.271 e. The SMILES string of the molecule is COc1cccc(C(=O)N/N=C/c2c(Cl)ccc(Cl)c2Cl)c1. The summed E-state index contributed by atoms with van der Waals surface area (Å²) in [5, 5.41) is 4.85. The van der Waals surface area contributed by atoms with Crippen molar-refractivity contribution in [1.82, 2.24) is 5.43 Å². The van der Waals surface area contributed by atoms with E-state index in [0.29, 0.717) is 26.9 Å². The van der Waals surface area contributed by atoms with Gasteiger partial charge in [0.25, 0.3) is 5.91 Å². The number of methoxy groups -OCH3 is 1. The van der Waals surface area contributed by atoms with E-state index in [1.165, 1.54) is 13.3 Å². The lowest BCUT2D eigenvalue weighted by atomic mass is 10.2. The van der Waals surface area contributed by atoms with Crippen molar-refractivity contribution in [1.29, 1.82) is 0 Å². The first-order chi connectivity index (χ1) is 10.5. The second-order valence-corrected chi connectivity index (χ2v) is 5.38. The monoisotopic (exact) mass is 356 g/mol. The molecule has 0 aliphatic carbocycles. The van der Waals surface area contributed by atoms with E-state index in [1.807, 2.05) is 0 Å². The number of nitrogens with zero attached hydrogens (tertiary/aromatic N) is 1. The fourth-order valence-electron chi connectivity index (χ4n) is 1.65. The number of benzene rings is 2. The minimum Gasteiger partial charge on any atom is -0.497 e. The Morgan fingerprint density at radius 3 is 2.64 bits per heavy atom. The van der Waals surface area contributed by atoms with Gasteiger partial charge in [0, 0.05) is 11.1 Å². The lowest BCUT2D eigenvalue weighted by Crippen LogP contribution is -2.17. The highest BCUT2D eigenvalue weighted by Crippen LogP contribution is 2.29. The molecule has 0 aromatic heterocycles. The molecule has 0 atom stereocenters. The van der Waals surface area contributed by atoms with E-state index in [4.69, 9.17) is 39.5 Å². The third-order valence-corrected chi connectivity index (χ3v) is 3.92. The van der Waals surface area contributed by atoms with Gasteiger partial charge in [-0.3, -0.25) is 4.79 Å². The van der Waals surface area contributed by atoms with E-state index in [2.05, 4.69) is 10.5 Å². The lowest BCUT2D eigenvalue weighted by molar-refractivity contribution is 0.0955. The molecule has 0 radical (unpaired) electrons. The first-order valence-electron chi connectivity index (χ1n) is 6.14. The van der Waals surface area contributed by atoms with Crippen LogP contribution in [0.4, 0.5) is 0 Å². The number of ether oxygens (including phenoxy) is 1. The maximum atomic E-state index is 12.0.